The zero-order valence-electron chi connectivity index (χ0n) is 27.4. The van der Waals surface area contributed by atoms with Gasteiger partial charge < -0.3 is 20.6 Å². The number of aliphatic hydroxyl groups excluding tert-OH is 3. The van der Waals surface area contributed by atoms with E-state index >= 15 is 0 Å². The number of amides is 1. The first-order chi connectivity index (χ1) is 20.0. The summed E-state index contributed by atoms with van der Waals surface area (Å²) in [6.45, 7) is 4.19. The van der Waals surface area contributed by atoms with Crippen LogP contribution < -0.4 is 5.32 Å². The second kappa shape index (κ2) is 32.0. The molecule has 4 N–H and O–H groups in total. The summed E-state index contributed by atoms with van der Waals surface area (Å²) in [6.07, 6.45) is 34.7. The third-order valence-corrected chi connectivity index (χ3v) is 8.32. The predicted octanol–water partition coefficient (Wildman–Crippen LogP) is 9.31. The summed E-state index contributed by atoms with van der Waals surface area (Å²) in [5.74, 6) is -0.316. The van der Waals surface area contributed by atoms with Gasteiger partial charge >= 0.3 is 0 Å². The molecule has 0 aliphatic rings. The minimum atomic E-state index is -0.922. The molecule has 0 saturated heterocycles. The molecule has 3 atom stereocenters. The molecular formula is C36H71NO4. The molecule has 5 nitrogen and oxygen atoms in total. The molecule has 1 amide bonds. The second-order valence-corrected chi connectivity index (χ2v) is 12.5. The maximum atomic E-state index is 12.3. The van der Waals surface area contributed by atoms with Gasteiger partial charge in [-0.3, -0.25) is 4.79 Å². The van der Waals surface area contributed by atoms with Crippen molar-refractivity contribution >= 4 is 5.91 Å². The summed E-state index contributed by atoms with van der Waals surface area (Å²) in [7, 11) is 0. The summed E-state index contributed by atoms with van der Waals surface area (Å²) in [4.78, 5) is 12.3. The van der Waals surface area contributed by atoms with Crippen LogP contribution in [0.1, 0.15) is 187 Å². The maximum Gasteiger partial charge on any atom is 0.222 e. The molecule has 0 fully saturated rings. The highest BCUT2D eigenvalue weighted by atomic mass is 16.3. The topological polar surface area (TPSA) is 89.8 Å². The highest BCUT2D eigenvalue weighted by Crippen LogP contribution is 2.15. The van der Waals surface area contributed by atoms with Crippen molar-refractivity contribution in [2.24, 2.45) is 0 Å². The molecule has 0 radical (unpaired) electrons. The van der Waals surface area contributed by atoms with Crippen molar-refractivity contribution in [1.29, 1.82) is 0 Å². The van der Waals surface area contributed by atoms with Gasteiger partial charge in [0.25, 0.3) is 0 Å². The lowest BCUT2D eigenvalue weighted by molar-refractivity contribution is -0.124. The molecule has 0 aliphatic carbocycles. The number of aliphatic hydroxyl groups is 3. The van der Waals surface area contributed by atoms with Crippen molar-refractivity contribution in [3.8, 4) is 0 Å². The largest absolute Gasteiger partial charge is 0.394 e. The highest BCUT2D eigenvalue weighted by Gasteiger charge is 2.20. The number of hydrogen-bond donors (Lipinski definition) is 4. The molecule has 0 aliphatic heterocycles. The minimum Gasteiger partial charge on any atom is -0.394 e. The Balaban J connectivity index is 3.74. The Bertz CT molecular complexity index is 568. The SMILES string of the molecule is CCCCCCCCCCCCCC/C=C/C(O)C(CO)NC(=O)CC(O)CCCCCCCCCCCCCC. The van der Waals surface area contributed by atoms with Crippen molar-refractivity contribution in [3.05, 3.63) is 12.2 Å². The first-order valence-electron chi connectivity index (χ1n) is 18.0. The molecule has 0 bridgehead atoms. The Hall–Kier alpha value is -0.910. The zero-order valence-corrected chi connectivity index (χ0v) is 27.4. The van der Waals surface area contributed by atoms with E-state index in [1.54, 1.807) is 6.08 Å². The lowest BCUT2D eigenvalue weighted by atomic mass is 10.0. The van der Waals surface area contributed by atoms with Crippen LogP contribution in [0.3, 0.4) is 0 Å². The molecule has 0 heterocycles. The van der Waals surface area contributed by atoms with Crippen LogP contribution in [0.4, 0.5) is 0 Å². The Morgan fingerprint density at radius 1 is 0.610 bits per heavy atom. The first kappa shape index (κ1) is 40.1. The van der Waals surface area contributed by atoms with Crippen LogP contribution in [0.2, 0.25) is 0 Å². The Morgan fingerprint density at radius 3 is 1.41 bits per heavy atom. The molecular weight excluding hydrogens is 510 g/mol. The van der Waals surface area contributed by atoms with E-state index in [1.807, 2.05) is 6.08 Å². The average Bonchev–Trinajstić information content (AvgIpc) is 2.96. The van der Waals surface area contributed by atoms with Crippen LogP contribution in [0.15, 0.2) is 12.2 Å². The van der Waals surface area contributed by atoms with E-state index in [1.165, 1.54) is 135 Å². The number of nitrogens with one attached hydrogen (secondary N) is 1. The van der Waals surface area contributed by atoms with E-state index in [9.17, 15) is 20.1 Å². The van der Waals surface area contributed by atoms with Crippen molar-refractivity contribution in [3.63, 3.8) is 0 Å². The minimum absolute atomic E-state index is 0.0177. The normalized spacial score (nSPS) is 14.0. The molecule has 244 valence electrons. The van der Waals surface area contributed by atoms with Gasteiger partial charge in [-0.1, -0.05) is 174 Å². The lowest BCUT2D eigenvalue weighted by Gasteiger charge is -2.21. The van der Waals surface area contributed by atoms with Crippen molar-refractivity contribution in [2.75, 3.05) is 6.61 Å². The Kier molecular flexibility index (Phi) is 31.3. The summed E-state index contributed by atoms with van der Waals surface area (Å²) in [5.41, 5.74) is 0. The Morgan fingerprint density at radius 2 is 1.00 bits per heavy atom. The highest BCUT2D eigenvalue weighted by molar-refractivity contribution is 5.76. The lowest BCUT2D eigenvalue weighted by Crippen LogP contribution is -2.45. The number of carbonyl (C=O) groups is 1. The van der Waals surface area contributed by atoms with Gasteiger partial charge in [0, 0.05) is 0 Å². The van der Waals surface area contributed by atoms with Crippen molar-refractivity contribution < 1.29 is 20.1 Å². The molecule has 0 spiro atoms. The van der Waals surface area contributed by atoms with E-state index in [4.69, 9.17) is 0 Å². The predicted molar refractivity (Wildman–Crippen MR) is 176 cm³/mol. The molecule has 41 heavy (non-hydrogen) atoms. The van der Waals surface area contributed by atoms with Crippen LogP contribution in [-0.4, -0.2) is 46.1 Å². The van der Waals surface area contributed by atoms with E-state index in [0.717, 1.165) is 25.7 Å². The molecule has 0 aromatic heterocycles. The van der Waals surface area contributed by atoms with Crippen LogP contribution in [-0.2, 0) is 4.79 Å². The van der Waals surface area contributed by atoms with Crippen LogP contribution in [0.5, 0.6) is 0 Å². The van der Waals surface area contributed by atoms with Gasteiger partial charge in [-0.15, -0.1) is 0 Å². The quantitative estimate of drug-likeness (QED) is 0.0471. The summed E-state index contributed by atoms with van der Waals surface area (Å²) >= 11 is 0. The summed E-state index contributed by atoms with van der Waals surface area (Å²) < 4.78 is 0. The zero-order chi connectivity index (χ0) is 30.2. The third kappa shape index (κ3) is 29.0. The molecule has 3 unspecified atom stereocenters. The van der Waals surface area contributed by atoms with Crippen LogP contribution in [0, 0.1) is 0 Å². The second-order valence-electron chi connectivity index (χ2n) is 12.5. The van der Waals surface area contributed by atoms with Crippen molar-refractivity contribution in [1.82, 2.24) is 5.32 Å². The molecule has 5 heteroatoms. The van der Waals surface area contributed by atoms with E-state index in [-0.39, 0.29) is 18.9 Å². The van der Waals surface area contributed by atoms with Gasteiger partial charge in [0.2, 0.25) is 5.91 Å². The van der Waals surface area contributed by atoms with E-state index in [0.29, 0.717) is 6.42 Å². The monoisotopic (exact) mass is 582 g/mol. The van der Waals surface area contributed by atoms with Gasteiger partial charge in [-0.25, -0.2) is 0 Å². The fraction of sp³-hybridized carbons (Fsp3) is 0.917. The number of carbonyl (C=O) groups excluding carboxylic acids is 1. The Labute approximate surface area is 255 Å². The molecule has 0 rings (SSSR count). The van der Waals surface area contributed by atoms with Crippen molar-refractivity contribution in [2.45, 2.75) is 205 Å². The number of unbranched alkanes of at least 4 members (excludes halogenated alkanes) is 23. The van der Waals surface area contributed by atoms with Gasteiger partial charge in [0.15, 0.2) is 0 Å². The van der Waals surface area contributed by atoms with Gasteiger partial charge in [-0.2, -0.15) is 0 Å². The number of allylic oxidation sites excluding steroid dienone is 1. The van der Waals surface area contributed by atoms with E-state index in [2.05, 4.69) is 19.2 Å². The molecule has 0 saturated carbocycles. The van der Waals surface area contributed by atoms with E-state index < -0.39 is 18.2 Å². The van der Waals surface area contributed by atoms with Crippen LogP contribution in [0.25, 0.3) is 0 Å². The maximum absolute atomic E-state index is 12.3. The summed E-state index contributed by atoms with van der Waals surface area (Å²) in [5, 5.41) is 33.0. The molecule has 0 aromatic rings. The average molecular weight is 582 g/mol. The summed E-state index contributed by atoms with van der Waals surface area (Å²) in [6, 6.07) is -0.737. The third-order valence-electron chi connectivity index (χ3n) is 8.32. The van der Waals surface area contributed by atoms with Crippen LogP contribution >= 0.6 is 0 Å². The number of hydrogen-bond acceptors (Lipinski definition) is 4. The molecule has 0 aromatic carbocycles. The van der Waals surface area contributed by atoms with Gasteiger partial charge in [-0.05, 0) is 19.3 Å². The fourth-order valence-electron chi connectivity index (χ4n) is 5.51. The van der Waals surface area contributed by atoms with Gasteiger partial charge in [0.1, 0.15) is 0 Å². The number of rotatable bonds is 32. The standard InChI is InChI=1S/C36H71NO4/c1-3-5-7-9-11-13-15-17-18-20-22-24-26-28-30-35(40)34(32-38)37-36(41)31-33(39)29-27-25-23-21-19-16-14-12-10-8-6-4-2/h28,30,33-35,38-40H,3-27,29,31-32H2,1-2H3,(H,37,41)/b30-28+. The smallest absolute Gasteiger partial charge is 0.222 e. The fourth-order valence-corrected chi connectivity index (χ4v) is 5.51. The first-order valence-corrected chi connectivity index (χ1v) is 18.0. The van der Waals surface area contributed by atoms with Gasteiger partial charge in [0.05, 0.1) is 31.3 Å².